The Morgan fingerprint density at radius 3 is 2.53 bits per heavy atom. The van der Waals surface area contributed by atoms with Crippen LogP contribution in [-0.2, 0) is 20.9 Å². The summed E-state index contributed by atoms with van der Waals surface area (Å²) in [6.07, 6.45) is 5.04. The highest BCUT2D eigenvalue weighted by molar-refractivity contribution is 6.05. The molecule has 2 atom stereocenters. The Labute approximate surface area is 184 Å². The van der Waals surface area contributed by atoms with E-state index in [0.29, 0.717) is 35.7 Å². The molecule has 168 valence electrons. The number of hydrogen-bond donors (Lipinski definition) is 1. The van der Waals surface area contributed by atoms with Crippen molar-refractivity contribution >= 4 is 17.7 Å². The summed E-state index contributed by atoms with van der Waals surface area (Å²) in [7, 11) is 3.09. The van der Waals surface area contributed by atoms with Gasteiger partial charge in [0.25, 0.3) is 0 Å². The zero-order chi connectivity index (χ0) is 22.7. The van der Waals surface area contributed by atoms with Crippen LogP contribution in [-0.4, -0.2) is 53.5 Å². The third-order valence-corrected chi connectivity index (χ3v) is 5.72. The SMILES string of the molecule is COc1ccc(-c2noc(CNC(=O)CCN3C(=O)[C@H]4CC=CC[C@H]4C3=O)n2)c(OC)c1. The van der Waals surface area contributed by atoms with Crippen molar-refractivity contribution in [3.8, 4) is 22.9 Å². The van der Waals surface area contributed by atoms with Crippen molar-refractivity contribution in [1.29, 1.82) is 0 Å². The molecule has 1 aromatic carbocycles. The van der Waals surface area contributed by atoms with Crippen LogP contribution in [0.4, 0.5) is 0 Å². The third-order valence-electron chi connectivity index (χ3n) is 5.72. The predicted octanol–water partition coefficient (Wildman–Crippen LogP) is 1.71. The van der Waals surface area contributed by atoms with Crippen molar-refractivity contribution in [2.75, 3.05) is 20.8 Å². The van der Waals surface area contributed by atoms with Gasteiger partial charge in [0, 0.05) is 19.0 Å². The molecule has 1 saturated heterocycles. The molecular formula is C22H24N4O6. The summed E-state index contributed by atoms with van der Waals surface area (Å²) in [5.41, 5.74) is 0.622. The van der Waals surface area contributed by atoms with E-state index in [0.717, 1.165) is 0 Å². The van der Waals surface area contributed by atoms with Crippen molar-refractivity contribution in [3.63, 3.8) is 0 Å². The molecule has 1 aromatic heterocycles. The number of amides is 3. The quantitative estimate of drug-likeness (QED) is 0.486. The Morgan fingerprint density at radius 2 is 1.88 bits per heavy atom. The number of ether oxygens (including phenoxy) is 2. The van der Waals surface area contributed by atoms with Gasteiger partial charge in [0.15, 0.2) is 0 Å². The smallest absolute Gasteiger partial charge is 0.246 e. The van der Waals surface area contributed by atoms with Crippen LogP contribution in [0.15, 0.2) is 34.9 Å². The number of aromatic nitrogens is 2. The van der Waals surface area contributed by atoms with Crippen molar-refractivity contribution in [3.05, 3.63) is 36.2 Å². The fraction of sp³-hybridized carbons (Fsp3) is 0.409. The number of allylic oxidation sites excluding steroid dienone is 2. The number of nitrogens with one attached hydrogen (secondary N) is 1. The second-order valence-corrected chi connectivity index (χ2v) is 7.59. The monoisotopic (exact) mass is 440 g/mol. The molecule has 1 aliphatic heterocycles. The molecule has 10 heteroatoms. The van der Waals surface area contributed by atoms with Gasteiger partial charge in [-0.1, -0.05) is 17.3 Å². The van der Waals surface area contributed by atoms with Gasteiger partial charge in [0.1, 0.15) is 11.5 Å². The van der Waals surface area contributed by atoms with Gasteiger partial charge in [-0.25, -0.2) is 0 Å². The van der Waals surface area contributed by atoms with Crippen LogP contribution in [0.1, 0.15) is 25.2 Å². The molecule has 10 nitrogen and oxygen atoms in total. The normalized spacial score (nSPS) is 19.8. The lowest BCUT2D eigenvalue weighted by atomic mass is 9.85. The fourth-order valence-corrected chi connectivity index (χ4v) is 3.98. The number of fused-ring (bicyclic) bond motifs is 1. The number of benzene rings is 1. The highest BCUT2D eigenvalue weighted by Gasteiger charge is 2.46. The van der Waals surface area contributed by atoms with E-state index in [1.807, 2.05) is 12.2 Å². The predicted molar refractivity (Wildman–Crippen MR) is 111 cm³/mol. The molecule has 0 radical (unpaired) electrons. The van der Waals surface area contributed by atoms with Gasteiger partial charge in [-0.15, -0.1) is 0 Å². The highest BCUT2D eigenvalue weighted by atomic mass is 16.5. The Hall–Kier alpha value is -3.69. The maximum atomic E-state index is 12.5. The van der Waals surface area contributed by atoms with Gasteiger partial charge in [-0.2, -0.15) is 4.98 Å². The number of carbonyl (C=O) groups excluding carboxylic acids is 3. The number of imide groups is 1. The first-order chi connectivity index (χ1) is 15.5. The minimum atomic E-state index is -0.319. The first-order valence-electron chi connectivity index (χ1n) is 10.3. The van der Waals surface area contributed by atoms with E-state index in [1.165, 1.54) is 12.0 Å². The summed E-state index contributed by atoms with van der Waals surface area (Å²) in [4.78, 5) is 42.7. The van der Waals surface area contributed by atoms with Gasteiger partial charge in [0.2, 0.25) is 29.4 Å². The van der Waals surface area contributed by atoms with Crippen molar-refractivity contribution in [2.45, 2.75) is 25.8 Å². The largest absolute Gasteiger partial charge is 0.497 e. The van der Waals surface area contributed by atoms with Crippen LogP contribution in [0.5, 0.6) is 11.5 Å². The van der Waals surface area contributed by atoms with Crippen LogP contribution >= 0.6 is 0 Å². The molecule has 1 N–H and O–H groups in total. The summed E-state index contributed by atoms with van der Waals surface area (Å²) in [6.45, 7) is 0.0933. The molecule has 0 bridgehead atoms. The van der Waals surface area contributed by atoms with E-state index < -0.39 is 0 Å². The van der Waals surface area contributed by atoms with E-state index in [4.69, 9.17) is 14.0 Å². The van der Waals surface area contributed by atoms with Gasteiger partial charge in [-0.05, 0) is 25.0 Å². The maximum absolute atomic E-state index is 12.5. The molecule has 0 saturated carbocycles. The summed E-state index contributed by atoms with van der Waals surface area (Å²) < 4.78 is 15.7. The molecule has 0 unspecified atom stereocenters. The minimum Gasteiger partial charge on any atom is -0.497 e. The van der Waals surface area contributed by atoms with E-state index in [9.17, 15) is 14.4 Å². The molecule has 2 aromatic rings. The second kappa shape index (κ2) is 9.21. The summed E-state index contributed by atoms with van der Waals surface area (Å²) in [5.74, 6) is 0.419. The Kier molecular flexibility index (Phi) is 6.20. The lowest BCUT2D eigenvalue weighted by Crippen LogP contribution is -2.35. The lowest BCUT2D eigenvalue weighted by molar-refractivity contribution is -0.140. The molecule has 2 aliphatic rings. The first kappa shape index (κ1) is 21.5. The number of likely N-dealkylation sites (tertiary alicyclic amines) is 1. The van der Waals surface area contributed by atoms with Gasteiger partial charge < -0.3 is 19.3 Å². The van der Waals surface area contributed by atoms with E-state index in [-0.39, 0.29) is 55.0 Å². The zero-order valence-electron chi connectivity index (χ0n) is 17.9. The number of methoxy groups -OCH3 is 2. The first-order valence-corrected chi connectivity index (χ1v) is 10.3. The minimum absolute atomic E-state index is 0.0116. The molecule has 1 fully saturated rings. The number of carbonyl (C=O) groups is 3. The Morgan fingerprint density at radius 1 is 1.16 bits per heavy atom. The molecule has 3 amide bonds. The average molecular weight is 440 g/mol. The van der Waals surface area contributed by atoms with Crippen LogP contribution in [0, 0.1) is 11.8 Å². The lowest BCUT2D eigenvalue weighted by Gasteiger charge is -2.14. The number of hydrogen-bond acceptors (Lipinski definition) is 8. The van der Waals surface area contributed by atoms with Crippen molar-refractivity contribution in [1.82, 2.24) is 20.4 Å². The van der Waals surface area contributed by atoms with Crippen LogP contribution in [0.2, 0.25) is 0 Å². The Bertz CT molecular complexity index is 1040. The maximum Gasteiger partial charge on any atom is 0.246 e. The van der Waals surface area contributed by atoms with Crippen LogP contribution < -0.4 is 14.8 Å². The average Bonchev–Trinajstić information content (AvgIpc) is 3.39. The molecule has 1 aliphatic carbocycles. The molecule has 32 heavy (non-hydrogen) atoms. The highest BCUT2D eigenvalue weighted by Crippen LogP contribution is 2.35. The topological polar surface area (TPSA) is 124 Å². The summed E-state index contributed by atoms with van der Waals surface area (Å²) in [5, 5.41) is 6.62. The van der Waals surface area contributed by atoms with Gasteiger partial charge >= 0.3 is 0 Å². The standard InChI is InChI=1S/C22H24N4O6/c1-30-13-7-8-16(17(11-13)31-2)20-24-19(32-25-20)12-23-18(27)9-10-26-21(28)14-5-3-4-6-15(14)22(26)29/h3-4,7-8,11,14-15H,5-6,9-10,12H2,1-2H3,(H,23,27)/t14-,15+. The fourth-order valence-electron chi connectivity index (χ4n) is 3.98. The zero-order valence-corrected chi connectivity index (χ0v) is 17.9. The van der Waals surface area contributed by atoms with Gasteiger partial charge in [-0.3, -0.25) is 19.3 Å². The van der Waals surface area contributed by atoms with E-state index in [2.05, 4.69) is 15.5 Å². The van der Waals surface area contributed by atoms with Crippen LogP contribution in [0.25, 0.3) is 11.4 Å². The molecular weight excluding hydrogens is 416 g/mol. The number of rotatable bonds is 8. The Balaban J connectivity index is 1.30. The molecule has 2 heterocycles. The molecule has 4 rings (SSSR count). The van der Waals surface area contributed by atoms with Gasteiger partial charge in [0.05, 0.1) is 38.2 Å². The summed E-state index contributed by atoms with van der Waals surface area (Å²) >= 11 is 0. The van der Waals surface area contributed by atoms with E-state index in [1.54, 1.807) is 25.3 Å². The molecule has 0 spiro atoms. The van der Waals surface area contributed by atoms with E-state index >= 15 is 0 Å². The number of nitrogens with zero attached hydrogens (tertiary/aromatic N) is 3. The van der Waals surface area contributed by atoms with Crippen LogP contribution in [0.3, 0.4) is 0 Å². The second-order valence-electron chi connectivity index (χ2n) is 7.59. The third kappa shape index (κ3) is 4.20. The van der Waals surface area contributed by atoms with Crippen molar-refractivity contribution in [2.24, 2.45) is 11.8 Å². The van der Waals surface area contributed by atoms with Crippen molar-refractivity contribution < 1.29 is 28.4 Å². The summed E-state index contributed by atoms with van der Waals surface area (Å²) in [6, 6.07) is 5.21.